The minimum atomic E-state index is -4.19. The molecule has 0 aliphatic heterocycles. The van der Waals surface area contributed by atoms with Gasteiger partial charge < -0.3 is 11.1 Å². The number of nitrogens with zero attached hydrogens (tertiary/aromatic N) is 2. The summed E-state index contributed by atoms with van der Waals surface area (Å²) in [6.07, 6.45) is 0. The van der Waals surface area contributed by atoms with Gasteiger partial charge in [0.2, 0.25) is 5.91 Å². The van der Waals surface area contributed by atoms with Crippen LogP contribution in [0.5, 0.6) is 0 Å². The van der Waals surface area contributed by atoms with Gasteiger partial charge in [0.15, 0.2) is 0 Å². The van der Waals surface area contributed by atoms with Crippen molar-refractivity contribution in [2.45, 2.75) is 11.8 Å². The van der Waals surface area contributed by atoms with Crippen molar-refractivity contribution in [1.82, 2.24) is 0 Å². The van der Waals surface area contributed by atoms with Crippen LogP contribution in [0.3, 0.4) is 0 Å². The number of nitro groups is 1. The molecule has 10 heteroatoms. The predicted molar refractivity (Wildman–Crippen MR) is 118 cm³/mol. The van der Waals surface area contributed by atoms with E-state index in [9.17, 15) is 23.3 Å². The van der Waals surface area contributed by atoms with Crippen LogP contribution in [-0.4, -0.2) is 25.8 Å². The fourth-order valence-electron chi connectivity index (χ4n) is 2.85. The summed E-state index contributed by atoms with van der Waals surface area (Å²) in [5, 5.41) is 13.8. The number of para-hydroxylation sites is 2. The van der Waals surface area contributed by atoms with Crippen LogP contribution in [0.25, 0.3) is 0 Å². The van der Waals surface area contributed by atoms with Gasteiger partial charge in [0.25, 0.3) is 15.7 Å². The third-order valence-electron chi connectivity index (χ3n) is 4.46. The highest BCUT2D eigenvalue weighted by Crippen LogP contribution is 2.27. The molecule has 0 saturated carbocycles. The van der Waals surface area contributed by atoms with Crippen LogP contribution >= 0.6 is 0 Å². The van der Waals surface area contributed by atoms with Crippen LogP contribution in [0.2, 0.25) is 0 Å². The van der Waals surface area contributed by atoms with E-state index < -0.39 is 27.4 Å². The molecule has 0 saturated heterocycles. The first-order valence-corrected chi connectivity index (χ1v) is 10.6. The van der Waals surface area contributed by atoms with Crippen LogP contribution in [0.4, 0.5) is 22.7 Å². The molecule has 0 atom stereocenters. The number of anilines is 3. The summed E-state index contributed by atoms with van der Waals surface area (Å²) in [6.45, 7) is 1.21. The molecule has 0 aromatic heterocycles. The number of aryl methyl sites for hydroxylation is 1. The number of carbonyl (C=O) groups excluding carboxylic acids is 1. The quantitative estimate of drug-likeness (QED) is 0.329. The Balaban J connectivity index is 2.01. The van der Waals surface area contributed by atoms with Crippen LogP contribution in [0, 0.1) is 17.0 Å². The van der Waals surface area contributed by atoms with E-state index in [2.05, 4.69) is 5.32 Å². The lowest BCUT2D eigenvalue weighted by Gasteiger charge is -2.24. The van der Waals surface area contributed by atoms with Crippen molar-refractivity contribution in [3.05, 3.63) is 88.5 Å². The van der Waals surface area contributed by atoms with E-state index in [0.717, 1.165) is 15.9 Å². The summed E-state index contributed by atoms with van der Waals surface area (Å²) < 4.78 is 27.5. The van der Waals surface area contributed by atoms with Crippen LogP contribution in [0.15, 0.2) is 77.7 Å². The lowest BCUT2D eigenvalue weighted by molar-refractivity contribution is -0.384. The van der Waals surface area contributed by atoms with E-state index in [-0.39, 0.29) is 16.3 Å². The highest BCUT2D eigenvalue weighted by Gasteiger charge is 2.28. The molecule has 0 aliphatic rings. The number of non-ortho nitro benzene ring substituents is 1. The molecule has 0 radical (unpaired) electrons. The van der Waals surface area contributed by atoms with Gasteiger partial charge in [-0.25, -0.2) is 8.42 Å². The number of hydrogen-bond donors (Lipinski definition) is 2. The monoisotopic (exact) mass is 440 g/mol. The average Bonchev–Trinajstić information content (AvgIpc) is 2.74. The zero-order valence-corrected chi connectivity index (χ0v) is 17.4. The highest BCUT2D eigenvalue weighted by atomic mass is 32.2. The molecule has 0 aliphatic carbocycles. The van der Waals surface area contributed by atoms with E-state index in [1.165, 1.54) is 30.3 Å². The molecule has 0 heterocycles. The fourth-order valence-corrected chi connectivity index (χ4v) is 4.26. The largest absolute Gasteiger partial charge is 0.397 e. The Hall–Kier alpha value is -3.92. The maximum absolute atomic E-state index is 13.3. The lowest BCUT2D eigenvalue weighted by Crippen LogP contribution is -2.38. The van der Waals surface area contributed by atoms with Crippen molar-refractivity contribution >= 4 is 38.7 Å². The molecule has 1 amide bonds. The minimum absolute atomic E-state index is 0.00837. The number of carbonyl (C=O) groups is 1. The first-order chi connectivity index (χ1) is 14.7. The van der Waals surface area contributed by atoms with Gasteiger partial charge in [-0.2, -0.15) is 0 Å². The predicted octanol–water partition coefficient (Wildman–Crippen LogP) is 3.32. The maximum atomic E-state index is 13.3. The lowest BCUT2D eigenvalue weighted by atomic mass is 10.2. The van der Waals surface area contributed by atoms with Gasteiger partial charge in [0, 0.05) is 12.1 Å². The SMILES string of the molecule is Cc1ccc(S(=O)(=O)N(CC(=O)Nc2ccccc2N)c2cccc([N+](=O)[O-])c2)cc1. The third-order valence-corrected chi connectivity index (χ3v) is 6.25. The van der Waals surface area contributed by atoms with Gasteiger partial charge in [-0.1, -0.05) is 35.9 Å². The number of amides is 1. The van der Waals surface area contributed by atoms with Crippen molar-refractivity contribution in [2.75, 3.05) is 21.9 Å². The molecule has 31 heavy (non-hydrogen) atoms. The Morgan fingerprint density at radius 3 is 2.39 bits per heavy atom. The minimum Gasteiger partial charge on any atom is -0.397 e. The summed E-state index contributed by atoms with van der Waals surface area (Å²) in [5.74, 6) is -0.653. The van der Waals surface area contributed by atoms with Crippen molar-refractivity contribution in [1.29, 1.82) is 0 Å². The molecular weight excluding hydrogens is 420 g/mol. The second-order valence-electron chi connectivity index (χ2n) is 6.74. The number of nitro benzene ring substituents is 1. The zero-order valence-electron chi connectivity index (χ0n) is 16.6. The van der Waals surface area contributed by atoms with Crippen LogP contribution in [0.1, 0.15) is 5.56 Å². The Labute approximate surface area is 179 Å². The molecule has 0 fully saturated rings. The molecule has 3 rings (SSSR count). The average molecular weight is 440 g/mol. The Bertz CT molecular complexity index is 1230. The van der Waals surface area contributed by atoms with Crippen molar-refractivity contribution in [2.24, 2.45) is 0 Å². The van der Waals surface area contributed by atoms with E-state index >= 15 is 0 Å². The van der Waals surface area contributed by atoms with Crippen molar-refractivity contribution in [3.8, 4) is 0 Å². The number of benzene rings is 3. The van der Waals surface area contributed by atoms with E-state index in [4.69, 9.17) is 5.73 Å². The van der Waals surface area contributed by atoms with Crippen molar-refractivity contribution in [3.63, 3.8) is 0 Å². The van der Waals surface area contributed by atoms with Gasteiger partial charge in [-0.05, 0) is 37.3 Å². The summed E-state index contributed by atoms with van der Waals surface area (Å²) in [4.78, 5) is 23.2. The molecule has 0 bridgehead atoms. The molecule has 9 nitrogen and oxygen atoms in total. The van der Waals surface area contributed by atoms with Crippen LogP contribution in [-0.2, 0) is 14.8 Å². The van der Waals surface area contributed by atoms with Gasteiger partial charge in [-0.15, -0.1) is 0 Å². The molecular formula is C21H20N4O5S. The summed E-state index contributed by atoms with van der Waals surface area (Å²) in [7, 11) is -4.19. The second-order valence-corrected chi connectivity index (χ2v) is 8.60. The summed E-state index contributed by atoms with van der Waals surface area (Å²) in [6, 6.07) is 17.7. The number of nitrogen functional groups attached to an aromatic ring is 1. The molecule has 3 N–H and O–H groups in total. The Morgan fingerprint density at radius 2 is 1.74 bits per heavy atom. The van der Waals surface area contributed by atoms with E-state index in [0.29, 0.717) is 11.4 Å². The fraction of sp³-hybridized carbons (Fsp3) is 0.0952. The van der Waals surface area contributed by atoms with Gasteiger partial charge in [0.05, 0.1) is 26.9 Å². The van der Waals surface area contributed by atoms with Crippen LogP contribution < -0.4 is 15.4 Å². The van der Waals surface area contributed by atoms with Crippen molar-refractivity contribution < 1.29 is 18.1 Å². The first kappa shape index (κ1) is 21.8. The number of hydrogen-bond acceptors (Lipinski definition) is 6. The summed E-state index contributed by atoms with van der Waals surface area (Å²) in [5.41, 5.74) is 7.04. The molecule has 3 aromatic rings. The van der Waals surface area contributed by atoms with Gasteiger partial charge in [-0.3, -0.25) is 19.2 Å². The molecule has 160 valence electrons. The molecule has 0 spiro atoms. The topological polar surface area (TPSA) is 136 Å². The Morgan fingerprint density at radius 1 is 1.06 bits per heavy atom. The smallest absolute Gasteiger partial charge is 0.271 e. The number of nitrogens with two attached hydrogens (primary N) is 1. The summed E-state index contributed by atoms with van der Waals surface area (Å²) >= 11 is 0. The number of rotatable bonds is 7. The van der Waals surface area contributed by atoms with E-state index in [1.807, 2.05) is 6.92 Å². The highest BCUT2D eigenvalue weighted by molar-refractivity contribution is 7.92. The third kappa shape index (κ3) is 4.98. The zero-order chi connectivity index (χ0) is 22.6. The van der Waals surface area contributed by atoms with E-state index in [1.54, 1.807) is 36.4 Å². The van der Waals surface area contributed by atoms with Gasteiger partial charge in [0.1, 0.15) is 6.54 Å². The first-order valence-electron chi connectivity index (χ1n) is 9.17. The Kier molecular flexibility index (Phi) is 6.21. The normalized spacial score (nSPS) is 11.0. The maximum Gasteiger partial charge on any atom is 0.271 e. The molecule has 0 unspecified atom stereocenters. The standard InChI is InChI=1S/C21H20N4O5S/c1-15-9-11-18(12-10-15)31(29,30)24(16-5-4-6-17(13-16)25(27)28)14-21(26)23-20-8-3-2-7-19(20)22/h2-13H,14,22H2,1H3,(H,23,26). The number of nitrogens with one attached hydrogen (secondary N) is 1. The second kappa shape index (κ2) is 8.84. The molecule has 3 aromatic carbocycles. The van der Waals surface area contributed by atoms with Gasteiger partial charge >= 0.3 is 0 Å². The number of sulfonamides is 1.